The molecule has 1 heterocycles. The van der Waals surface area contributed by atoms with E-state index < -0.39 is 0 Å². The third-order valence-electron chi connectivity index (χ3n) is 3.47. The lowest BCUT2D eigenvalue weighted by atomic mass is 10.0. The number of aromatic amines is 1. The molecule has 0 aliphatic rings. The Balaban J connectivity index is 2.10. The molecule has 0 atom stereocenters. The Labute approximate surface area is 117 Å². The zero-order chi connectivity index (χ0) is 14.1. The van der Waals surface area contributed by atoms with Gasteiger partial charge in [-0.05, 0) is 37.1 Å². The molecule has 1 N–H and O–H groups in total. The van der Waals surface area contributed by atoms with Crippen LogP contribution in [0.5, 0.6) is 0 Å². The van der Waals surface area contributed by atoms with E-state index in [1.54, 1.807) is 4.68 Å². The van der Waals surface area contributed by atoms with E-state index in [9.17, 15) is 4.79 Å². The highest BCUT2D eigenvalue weighted by molar-refractivity contribution is 5.65. The predicted molar refractivity (Wildman–Crippen MR) is 81.3 cm³/mol. The van der Waals surface area contributed by atoms with E-state index in [0.717, 1.165) is 16.8 Å². The predicted octanol–water partition coefficient (Wildman–Crippen LogP) is 3.45. The maximum absolute atomic E-state index is 12.2. The molecule has 0 bridgehead atoms. The molecule has 0 aliphatic carbocycles. The summed E-state index contributed by atoms with van der Waals surface area (Å²) < 4.78 is 1.77. The van der Waals surface area contributed by atoms with Gasteiger partial charge in [-0.1, -0.05) is 42.0 Å². The van der Waals surface area contributed by atoms with E-state index in [4.69, 9.17) is 0 Å². The molecule has 1 aromatic heterocycles. The van der Waals surface area contributed by atoms with Crippen molar-refractivity contribution in [1.29, 1.82) is 0 Å². The normalized spacial score (nSPS) is 10.7. The van der Waals surface area contributed by atoms with Crippen molar-refractivity contribution in [1.82, 2.24) is 9.78 Å². The topological polar surface area (TPSA) is 37.8 Å². The van der Waals surface area contributed by atoms with Crippen LogP contribution < -0.4 is 5.56 Å². The summed E-state index contributed by atoms with van der Waals surface area (Å²) in [5.74, 6) is 0. The van der Waals surface area contributed by atoms with Crippen LogP contribution in [0, 0.1) is 13.8 Å². The van der Waals surface area contributed by atoms with Crippen LogP contribution in [0.1, 0.15) is 11.1 Å². The fourth-order valence-electron chi connectivity index (χ4n) is 2.30. The molecule has 0 fully saturated rings. The first-order valence-electron chi connectivity index (χ1n) is 6.60. The Bertz CT molecular complexity index is 794. The van der Waals surface area contributed by atoms with Crippen molar-refractivity contribution in [3.8, 4) is 16.8 Å². The highest BCUT2D eigenvalue weighted by atomic mass is 16.1. The Kier molecular flexibility index (Phi) is 3.03. The molecule has 0 saturated carbocycles. The van der Waals surface area contributed by atoms with E-state index in [1.807, 2.05) is 68.6 Å². The molecule has 0 unspecified atom stereocenters. The van der Waals surface area contributed by atoms with Crippen LogP contribution >= 0.6 is 0 Å². The first-order valence-corrected chi connectivity index (χ1v) is 6.60. The number of aryl methyl sites for hydroxylation is 2. The summed E-state index contributed by atoms with van der Waals surface area (Å²) in [5.41, 5.74) is 4.85. The summed E-state index contributed by atoms with van der Waals surface area (Å²) in [6.45, 7) is 4.05. The smallest absolute Gasteiger partial charge is 0.267 e. The van der Waals surface area contributed by atoms with Crippen LogP contribution in [0.15, 0.2) is 59.5 Å². The van der Waals surface area contributed by atoms with Crippen LogP contribution in [0.3, 0.4) is 0 Å². The third-order valence-corrected chi connectivity index (χ3v) is 3.47. The van der Waals surface area contributed by atoms with Crippen LogP contribution in [0.4, 0.5) is 0 Å². The maximum Gasteiger partial charge on any atom is 0.272 e. The van der Waals surface area contributed by atoms with Crippen LogP contribution in [0.25, 0.3) is 16.8 Å². The Morgan fingerprint density at radius 1 is 0.900 bits per heavy atom. The number of hydrogen-bond donors (Lipinski definition) is 1. The lowest BCUT2D eigenvalue weighted by Crippen LogP contribution is -2.05. The van der Waals surface area contributed by atoms with Crippen molar-refractivity contribution in [3.63, 3.8) is 0 Å². The van der Waals surface area contributed by atoms with Crippen molar-refractivity contribution >= 4 is 0 Å². The third kappa shape index (κ3) is 2.18. The van der Waals surface area contributed by atoms with E-state index in [0.29, 0.717) is 5.56 Å². The van der Waals surface area contributed by atoms with Gasteiger partial charge in [0.2, 0.25) is 0 Å². The molecule has 0 radical (unpaired) electrons. The molecule has 3 aromatic rings. The van der Waals surface area contributed by atoms with Crippen molar-refractivity contribution in [2.75, 3.05) is 0 Å². The SMILES string of the molecule is Cc1ccc(-n2cc(-c3ccccc3C)c(=O)[nH]2)cc1. The van der Waals surface area contributed by atoms with Crippen LogP contribution in [-0.4, -0.2) is 9.78 Å². The molecular formula is C17H16N2O. The fraction of sp³-hybridized carbons (Fsp3) is 0.118. The molecule has 20 heavy (non-hydrogen) atoms. The second-order valence-corrected chi connectivity index (χ2v) is 5.00. The molecule has 0 spiro atoms. The van der Waals surface area contributed by atoms with Gasteiger partial charge in [0.25, 0.3) is 5.56 Å². The fourth-order valence-corrected chi connectivity index (χ4v) is 2.30. The van der Waals surface area contributed by atoms with E-state index in [-0.39, 0.29) is 5.56 Å². The highest BCUT2D eigenvalue weighted by Crippen LogP contribution is 2.20. The van der Waals surface area contributed by atoms with Crippen LogP contribution in [-0.2, 0) is 0 Å². The lowest BCUT2D eigenvalue weighted by Gasteiger charge is -2.03. The summed E-state index contributed by atoms with van der Waals surface area (Å²) in [5, 5.41) is 2.87. The van der Waals surface area contributed by atoms with Gasteiger partial charge in [0.1, 0.15) is 0 Å². The second-order valence-electron chi connectivity index (χ2n) is 5.00. The maximum atomic E-state index is 12.2. The van der Waals surface area contributed by atoms with Crippen molar-refractivity contribution in [3.05, 3.63) is 76.2 Å². The van der Waals surface area contributed by atoms with Gasteiger partial charge in [0.15, 0.2) is 0 Å². The number of nitrogens with zero attached hydrogens (tertiary/aromatic N) is 1. The number of benzene rings is 2. The van der Waals surface area contributed by atoms with Gasteiger partial charge in [0.05, 0.1) is 11.3 Å². The van der Waals surface area contributed by atoms with Gasteiger partial charge in [-0.15, -0.1) is 0 Å². The molecule has 0 aliphatic heterocycles. The number of nitrogens with one attached hydrogen (secondary N) is 1. The average Bonchev–Trinajstić information content (AvgIpc) is 2.82. The van der Waals surface area contributed by atoms with Gasteiger partial charge < -0.3 is 0 Å². The van der Waals surface area contributed by atoms with Gasteiger partial charge in [-0.3, -0.25) is 14.6 Å². The molecule has 0 saturated heterocycles. The molecule has 2 aromatic carbocycles. The molecular weight excluding hydrogens is 248 g/mol. The monoisotopic (exact) mass is 264 g/mol. The quantitative estimate of drug-likeness (QED) is 0.756. The molecule has 100 valence electrons. The molecule has 3 nitrogen and oxygen atoms in total. The number of aromatic nitrogens is 2. The van der Waals surface area contributed by atoms with Crippen molar-refractivity contribution in [2.45, 2.75) is 13.8 Å². The van der Waals surface area contributed by atoms with Crippen molar-refractivity contribution in [2.24, 2.45) is 0 Å². The highest BCUT2D eigenvalue weighted by Gasteiger charge is 2.09. The van der Waals surface area contributed by atoms with Gasteiger partial charge in [-0.2, -0.15) is 0 Å². The molecule has 0 amide bonds. The van der Waals surface area contributed by atoms with Gasteiger partial charge in [0, 0.05) is 6.20 Å². The first kappa shape index (κ1) is 12.5. The minimum Gasteiger partial charge on any atom is -0.267 e. The standard InChI is InChI=1S/C17H16N2O/c1-12-7-9-14(10-8-12)19-11-16(17(20)18-19)15-6-4-3-5-13(15)2/h3-11H,1-2H3,(H,18,20). The summed E-state index contributed by atoms with van der Waals surface area (Å²) >= 11 is 0. The van der Waals surface area contributed by atoms with Crippen molar-refractivity contribution < 1.29 is 0 Å². The average molecular weight is 264 g/mol. The van der Waals surface area contributed by atoms with E-state index in [2.05, 4.69) is 5.10 Å². The lowest BCUT2D eigenvalue weighted by molar-refractivity contribution is 0.863. The van der Waals surface area contributed by atoms with Gasteiger partial charge in [-0.25, -0.2) is 0 Å². The Hall–Kier alpha value is -2.55. The van der Waals surface area contributed by atoms with Gasteiger partial charge >= 0.3 is 0 Å². The molecule has 3 rings (SSSR count). The summed E-state index contributed by atoms with van der Waals surface area (Å²) in [4.78, 5) is 12.2. The summed E-state index contributed by atoms with van der Waals surface area (Å²) in [6.07, 6.45) is 1.86. The minimum absolute atomic E-state index is 0.0696. The zero-order valence-corrected chi connectivity index (χ0v) is 11.6. The zero-order valence-electron chi connectivity index (χ0n) is 11.6. The molecule has 3 heteroatoms. The minimum atomic E-state index is -0.0696. The Morgan fingerprint density at radius 2 is 1.60 bits per heavy atom. The second kappa shape index (κ2) is 4.85. The summed E-state index contributed by atoms with van der Waals surface area (Å²) in [7, 11) is 0. The summed E-state index contributed by atoms with van der Waals surface area (Å²) in [6, 6.07) is 16.0. The number of hydrogen-bond acceptors (Lipinski definition) is 1. The Morgan fingerprint density at radius 3 is 2.30 bits per heavy atom. The van der Waals surface area contributed by atoms with E-state index >= 15 is 0 Å². The van der Waals surface area contributed by atoms with Crippen LogP contribution in [0.2, 0.25) is 0 Å². The number of rotatable bonds is 2. The van der Waals surface area contributed by atoms with E-state index in [1.165, 1.54) is 5.56 Å². The first-order chi connectivity index (χ1) is 9.65. The number of H-pyrrole nitrogens is 1. The largest absolute Gasteiger partial charge is 0.272 e.